The summed E-state index contributed by atoms with van der Waals surface area (Å²) < 4.78 is 12.8. The van der Waals surface area contributed by atoms with E-state index in [1.54, 1.807) is 37.4 Å². The molecule has 0 fully saturated rings. The van der Waals surface area contributed by atoms with Gasteiger partial charge in [0.15, 0.2) is 0 Å². The maximum Gasteiger partial charge on any atom is 0.258 e. The highest BCUT2D eigenvalue weighted by Gasteiger charge is 2.27. The normalized spacial score (nSPS) is 13.4. The zero-order chi connectivity index (χ0) is 26.1. The van der Waals surface area contributed by atoms with Gasteiger partial charge in [-0.15, -0.1) is 0 Å². The van der Waals surface area contributed by atoms with Crippen LogP contribution in [0.1, 0.15) is 22.3 Å². The van der Waals surface area contributed by atoms with Crippen LogP contribution >= 0.6 is 0 Å². The minimum Gasteiger partial charge on any atom is -0.497 e. The van der Waals surface area contributed by atoms with Gasteiger partial charge in [-0.3, -0.25) is 4.79 Å². The largest absolute Gasteiger partial charge is 0.497 e. The van der Waals surface area contributed by atoms with Crippen LogP contribution in [-0.4, -0.2) is 57.9 Å². The number of methoxy groups -OCH3 is 2. The van der Waals surface area contributed by atoms with Gasteiger partial charge < -0.3 is 19.4 Å². The van der Waals surface area contributed by atoms with Crippen molar-refractivity contribution in [3.8, 4) is 28.4 Å². The molecule has 3 aromatic heterocycles. The Morgan fingerprint density at radius 1 is 1.00 bits per heavy atom. The van der Waals surface area contributed by atoms with Crippen LogP contribution in [0.3, 0.4) is 0 Å². The van der Waals surface area contributed by atoms with Gasteiger partial charge >= 0.3 is 0 Å². The molecule has 4 heterocycles. The molecule has 6 rings (SSSR count). The number of hydrogen-bond donors (Lipinski definition) is 1. The van der Waals surface area contributed by atoms with Gasteiger partial charge in [0, 0.05) is 54.3 Å². The summed E-state index contributed by atoms with van der Waals surface area (Å²) in [6.45, 7) is 1.12. The number of rotatable bonds is 6. The molecule has 5 aromatic rings. The molecular weight excluding hydrogens is 478 g/mol. The summed E-state index contributed by atoms with van der Waals surface area (Å²) in [7, 11) is 3.21. The number of nitrogens with one attached hydrogen (secondary N) is 1. The maximum absolute atomic E-state index is 13.9. The SMILES string of the molecule is COc1ccc(-c2nn(-c3ccccc3)cc2C(=O)N2CC=C(c3c[nH]c4ncccc34)CC2)c(OC)c1. The van der Waals surface area contributed by atoms with Gasteiger partial charge in [0.1, 0.15) is 22.8 Å². The van der Waals surface area contributed by atoms with Crippen LogP contribution in [-0.2, 0) is 0 Å². The van der Waals surface area contributed by atoms with Crippen LogP contribution in [0.2, 0.25) is 0 Å². The molecule has 1 aliphatic rings. The molecule has 1 N–H and O–H groups in total. The zero-order valence-electron chi connectivity index (χ0n) is 21.2. The predicted molar refractivity (Wildman–Crippen MR) is 147 cm³/mol. The monoisotopic (exact) mass is 505 g/mol. The van der Waals surface area contributed by atoms with Gasteiger partial charge in [-0.25, -0.2) is 9.67 Å². The number of fused-ring (bicyclic) bond motifs is 1. The average molecular weight is 506 g/mol. The molecule has 1 amide bonds. The van der Waals surface area contributed by atoms with Crippen molar-refractivity contribution in [2.24, 2.45) is 0 Å². The number of aromatic nitrogens is 4. The van der Waals surface area contributed by atoms with E-state index in [0.29, 0.717) is 35.8 Å². The highest BCUT2D eigenvalue weighted by molar-refractivity contribution is 6.01. The highest BCUT2D eigenvalue weighted by Crippen LogP contribution is 2.36. The topological polar surface area (TPSA) is 85.3 Å². The molecule has 38 heavy (non-hydrogen) atoms. The first kappa shape index (κ1) is 23.5. The lowest BCUT2D eigenvalue weighted by Gasteiger charge is -2.26. The molecule has 2 aromatic carbocycles. The second kappa shape index (κ2) is 9.89. The molecule has 0 aliphatic carbocycles. The van der Waals surface area contributed by atoms with Crippen LogP contribution in [0, 0.1) is 0 Å². The van der Waals surface area contributed by atoms with Crippen molar-refractivity contribution in [1.29, 1.82) is 0 Å². The Bertz CT molecular complexity index is 1650. The first-order valence-corrected chi connectivity index (χ1v) is 12.4. The Labute approximate surface area is 220 Å². The second-order valence-corrected chi connectivity index (χ2v) is 9.07. The Kier molecular flexibility index (Phi) is 6.13. The zero-order valence-corrected chi connectivity index (χ0v) is 21.2. The van der Waals surface area contributed by atoms with Crippen molar-refractivity contribution >= 4 is 22.5 Å². The number of pyridine rings is 1. The van der Waals surface area contributed by atoms with Gasteiger partial charge in [-0.1, -0.05) is 24.3 Å². The molecular formula is C30H27N5O3. The molecule has 8 heteroatoms. The lowest BCUT2D eigenvalue weighted by Crippen LogP contribution is -2.34. The summed E-state index contributed by atoms with van der Waals surface area (Å²) in [5.41, 5.74) is 5.90. The quantitative estimate of drug-likeness (QED) is 0.336. The third-order valence-corrected chi connectivity index (χ3v) is 6.92. The number of amides is 1. The lowest BCUT2D eigenvalue weighted by atomic mass is 9.99. The smallest absolute Gasteiger partial charge is 0.258 e. The first-order valence-electron chi connectivity index (χ1n) is 12.4. The summed E-state index contributed by atoms with van der Waals surface area (Å²) in [6.07, 6.45) is 8.47. The molecule has 0 bridgehead atoms. The number of para-hydroxylation sites is 1. The molecule has 0 unspecified atom stereocenters. The van der Waals surface area contributed by atoms with E-state index in [0.717, 1.165) is 34.3 Å². The number of benzene rings is 2. The summed E-state index contributed by atoms with van der Waals surface area (Å²) in [6, 6.07) is 19.3. The van der Waals surface area contributed by atoms with Crippen molar-refractivity contribution in [3.05, 3.63) is 96.5 Å². The standard InChI is InChI=1S/C30H27N5O3/c1-37-22-10-11-24(27(17-22)38-2)28-26(19-35(33-28)21-7-4-3-5-8-21)30(36)34-15-12-20(13-16-34)25-18-32-29-23(25)9-6-14-31-29/h3-12,14,17-19H,13,15-16H2,1-2H3,(H,31,32). The van der Waals surface area contributed by atoms with Crippen LogP contribution in [0.25, 0.3) is 33.6 Å². The Morgan fingerprint density at radius 3 is 2.63 bits per heavy atom. The average Bonchev–Trinajstić information content (AvgIpc) is 3.62. The first-order chi connectivity index (χ1) is 18.7. The minimum atomic E-state index is -0.0732. The summed E-state index contributed by atoms with van der Waals surface area (Å²) in [5, 5.41) is 5.94. The van der Waals surface area contributed by atoms with Crippen LogP contribution < -0.4 is 9.47 Å². The molecule has 0 saturated heterocycles. The van der Waals surface area contributed by atoms with E-state index in [9.17, 15) is 4.79 Å². The number of carbonyl (C=O) groups excluding carboxylic acids is 1. The van der Waals surface area contributed by atoms with E-state index in [1.807, 2.05) is 59.6 Å². The minimum absolute atomic E-state index is 0.0732. The van der Waals surface area contributed by atoms with E-state index < -0.39 is 0 Å². The fraction of sp³-hybridized carbons (Fsp3) is 0.167. The highest BCUT2D eigenvalue weighted by atomic mass is 16.5. The molecule has 0 radical (unpaired) electrons. The van der Waals surface area contributed by atoms with Crippen molar-refractivity contribution in [2.45, 2.75) is 6.42 Å². The van der Waals surface area contributed by atoms with Crippen molar-refractivity contribution in [1.82, 2.24) is 24.6 Å². The third-order valence-electron chi connectivity index (χ3n) is 6.92. The Balaban J connectivity index is 1.36. The molecule has 190 valence electrons. The molecule has 0 saturated carbocycles. The number of nitrogens with zero attached hydrogens (tertiary/aromatic N) is 4. The second-order valence-electron chi connectivity index (χ2n) is 9.07. The molecule has 8 nitrogen and oxygen atoms in total. The van der Waals surface area contributed by atoms with Crippen LogP contribution in [0.5, 0.6) is 11.5 Å². The fourth-order valence-electron chi connectivity index (χ4n) is 4.93. The van der Waals surface area contributed by atoms with E-state index in [4.69, 9.17) is 14.6 Å². The number of H-pyrrole nitrogens is 1. The summed E-state index contributed by atoms with van der Waals surface area (Å²) in [5.74, 6) is 1.18. The fourth-order valence-corrected chi connectivity index (χ4v) is 4.93. The third kappa shape index (κ3) is 4.20. The maximum atomic E-state index is 13.9. The molecule has 0 spiro atoms. The molecule has 0 atom stereocenters. The molecule has 1 aliphatic heterocycles. The van der Waals surface area contributed by atoms with Gasteiger partial charge in [0.2, 0.25) is 0 Å². The number of hydrogen-bond acceptors (Lipinski definition) is 5. The number of ether oxygens (including phenoxy) is 2. The lowest BCUT2D eigenvalue weighted by molar-refractivity contribution is 0.0773. The predicted octanol–water partition coefficient (Wildman–Crippen LogP) is 5.36. The van der Waals surface area contributed by atoms with Gasteiger partial charge in [0.05, 0.1) is 25.5 Å². The number of aromatic amines is 1. The van der Waals surface area contributed by atoms with E-state index in [-0.39, 0.29) is 5.91 Å². The summed E-state index contributed by atoms with van der Waals surface area (Å²) >= 11 is 0. The Morgan fingerprint density at radius 2 is 1.87 bits per heavy atom. The summed E-state index contributed by atoms with van der Waals surface area (Å²) in [4.78, 5) is 23.4. The number of carbonyl (C=O) groups is 1. The Hall–Kier alpha value is -4.85. The van der Waals surface area contributed by atoms with Gasteiger partial charge in [-0.05, 0) is 48.4 Å². The van der Waals surface area contributed by atoms with E-state index in [2.05, 4.69) is 22.1 Å². The van der Waals surface area contributed by atoms with Gasteiger partial charge in [0.25, 0.3) is 5.91 Å². The van der Waals surface area contributed by atoms with Crippen LogP contribution in [0.15, 0.2) is 85.3 Å². The van der Waals surface area contributed by atoms with Crippen molar-refractivity contribution < 1.29 is 14.3 Å². The van der Waals surface area contributed by atoms with Gasteiger partial charge in [-0.2, -0.15) is 5.10 Å². The van der Waals surface area contributed by atoms with Crippen LogP contribution in [0.4, 0.5) is 0 Å². The van der Waals surface area contributed by atoms with Crippen molar-refractivity contribution in [2.75, 3.05) is 27.3 Å². The van der Waals surface area contributed by atoms with Crippen molar-refractivity contribution in [3.63, 3.8) is 0 Å². The van der Waals surface area contributed by atoms with E-state index >= 15 is 0 Å². The van der Waals surface area contributed by atoms with E-state index in [1.165, 1.54) is 5.57 Å².